The maximum Gasteiger partial charge on any atom is 0.119 e. The molecule has 0 amide bonds. The number of rotatable bonds is 2. The smallest absolute Gasteiger partial charge is 0.119 e. The molecule has 0 spiro atoms. The number of hydrogen-bond acceptors (Lipinski definition) is 1. The Morgan fingerprint density at radius 3 is 2.00 bits per heavy atom. The minimum Gasteiger partial charge on any atom is -0.380 e. The third kappa shape index (κ3) is 1.52. The van der Waals surface area contributed by atoms with Crippen molar-refractivity contribution in [2.45, 2.75) is 43.1 Å². The molecule has 4 rings (SSSR count). The van der Waals surface area contributed by atoms with Crippen LogP contribution in [-0.2, 0) is 11.0 Å². The summed E-state index contributed by atoms with van der Waals surface area (Å²) >= 11 is 0. The molecule has 2 aliphatic carbocycles. The number of benzene rings is 2. The monoisotopic (exact) mass is 308 g/mol. The normalized spacial score (nSPS) is 35.9. The fourth-order valence-electron chi connectivity index (χ4n) is 5.40. The standard InChI is InChI=1S/C20H24OSi/c1-19-15-12-8-9-13-16(15)20(21,14-10-6-5-7-11-14)17(19)18(19)22(2,3)4/h5-13,17-18,21H,1-4H3/t17-,18-,19-,20+/m0/s1. The van der Waals surface area contributed by atoms with Crippen molar-refractivity contribution in [1.29, 1.82) is 0 Å². The van der Waals surface area contributed by atoms with Crippen LogP contribution in [0.4, 0.5) is 0 Å². The summed E-state index contributed by atoms with van der Waals surface area (Å²) in [6, 6.07) is 18.8. The quantitative estimate of drug-likeness (QED) is 0.808. The van der Waals surface area contributed by atoms with Gasteiger partial charge in [0.1, 0.15) is 5.60 Å². The first-order chi connectivity index (χ1) is 10.3. The Labute approximate surface area is 134 Å². The van der Waals surface area contributed by atoms with Gasteiger partial charge in [0.25, 0.3) is 0 Å². The highest BCUT2D eigenvalue weighted by Crippen LogP contribution is 2.79. The number of aliphatic hydroxyl groups is 1. The molecule has 0 unspecified atom stereocenters. The molecule has 1 saturated carbocycles. The molecule has 0 aliphatic heterocycles. The number of hydrogen-bond donors (Lipinski definition) is 1. The summed E-state index contributed by atoms with van der Waals surface area (Å²) in [6.07, 6.45) is 0. The van der Waals surface area contributed by atoms with Crippen LogP contribution in [0.25, 0.3) is 0 Å². The van der Waals surface area contributed by atoms with Gasteiger partial charge in [-0.3, -0.25) is 0 Å². The first kappa shape index (κ1) is 14.2. The second-order valence-electron chi connectivity index (χ2n) is 8.28. The summed E-state index contributed by atoms with van der Waals surface area (Å²) in [5, 5.41) is 11.8. The summed E-state index contributed by atoms with van der Waals surface area (Å²) in [5.41, 5.74) is 3.52. The van der Waals surface area contributed by atoms with Crippen LogP contribution < -0.4 is 0 Å². The predicted octanol–water partition coefficient (Wildman–Crippen LogP) is 4.53. The predicted molar refractivity (Wildman–Crippen MR) is 93.8 cm³/mol. The molecular weight excluding hydrogens is 284 g/mol. The van der Waals surface area contributed by atoms with E-state index in [1.54, 1.807) is 0 Å². The SMILES string of the molecule is C[C@]12c3ccccc3[C@](O)(c3ccccc3)[C@H]1[C@@H]2[Si](C)(C)C. The van der Waals surface area contributed by atoms with E-state index >= 15 is 0 Å². The van der Waals surface area contributed by atoms with E-state index in [-0.39, 0.29) is 5.41 Å². The first-order valence-corrected chi connectivity index (χ1v) is 11.8. The summed E-state index contributed by atoms with van der Waals surface area (Å²) in [7, 11) is -1.34. The molecule has 2 aromatic rings. The van der Waals surface area contributed by atoms with Gasteiger partial charge in [-0.25, -0.2) is 0 Å². The Balaban J connectivity index is 1.97. The summed E-state index contributed by atoms with van der Waals surface area (Å²) in [5.74, 6) is 0.325. The van der Waals surface area contributed by atoms with E-state index in [4.69, 9.17) is 0 Å². The fourth-order valence-corrected chi connectivity index (χ4v) is 9.03. The third-order valence-electron chi connectivity index (χ3n) is 6.03. The molecule has 1 nitrogen and oxygen atoms in total. The Morgan fingerprint density at radius 1 is 0.864 bits per heavy atom. The van der Waals surface area contributed by atoms with E-state index in [0.29, 0.717) is 11.5 Å². The van der Waals surface area contributed by atoms with Crippen LogP contribution >= 0.6 is 0 Å². The topological polar surface area (TPSA) is 20.2 Å². The van der Waals surface area contributed by atoms with Crippen LogP contribution in [0.3, 0.4) is 0 Å². The van der Waals surface area contributed by atoms with Gasteiger partial charge < -0.3 is 5.11 Å². The highest BCUT2D eigenvalue weighted by molar-refractivity contribution is 6.79. The maximum absolute atomic E-state index is 11.8. The molecule has 1 N–H and O–H groups in total. The van der Waals surface area contributed by atoms with Crippen LogP contribution in [0, 0.1) is 5.92 Å². The van der Waals surface area contributed by atoms with Crippen molar-refractivity contribution in [1.82, 2.24) is 0 Å². The van der Waals surface area contributed by atoms with Gasteiger partial charge >= 0.3 is 0 Å². The van der Waals surface area contributed by atoms with Crippen molar-refractivity contribution >= 4 is 8.07 Å². The van der Waals surface area contributed by atoms with Gasteiger partial charge in [0.2, 0.25) is 0 Å². The van der Waals surface area contributed by atoms with Crippen LogP contribution in [0.2, 0.25) is 25.2 Å². The van der Waals surface area contributed by atoms with Crippen molar-refractivity contribution in [3.8, 4) is 0 Å². The minimum atomic E-state index is -1.34. The molecule has 0 heterocycles. The van der Waals surface area contributed by atoms with Gasteiger partial charge in [0.15, 0.2) is 0 Å². The molecule has 0 saturated heterocycles. The van der Waals surface area contributed by atoms with Crippen molar-refractivity contribution in [3.63, 3.8) is 0 Å². The Hall–Kier alpha value is -1.38. The largest absolute Gasteiger partial charge is 0.380 e. The molecule has 2 aromatic carbocycles. The summed E-state index contributed by atoms with van der Waals surface area (Å²) in [4.78, 5) is 0. The lowest BCUT2D eigenvalue weighted by Gasteiger charge is -2.32. The summed E-state index contributed by atoms with van der Waals surface area (Å²) in [6.45, 7) is 9.69. The molecule has 1 fully saturated rings. The second-order valence-corrected chi connectivity index (χ2v) is 13.6. The lowest BCUT2D eigenvalue weighted by Crippen LogP contribution is -2.33. The van der Waals surface area contributed by atoms with E-state index in [2.05, 4.69) is 63.0 Å². The maximum atomic E-state index is 11.8. The van der Waals surface area contributed by atoms with E-state index in [1.807, 2.05) is 18.2 Å². The first-order valence-electron chi connectivity index (χ1n) is 8.20. The van der Waals surface area contributed by atoms with Gasteiger partial charge in [-0.2, -0.15) is 0 Å². The molecule has 0 bridgehead atoms. The second kappa shape index (κ2) is 4.12. The summed E-state index contributed by atoms with van der Waals surface area (Å²) < 4.78 is 0. The zero-order chi connectivity index (χ0) is 15.8. The van der Waals surface area contributed by atoms with E-state index in [0.717, 1.165) is 11.1 Å². The lowest BCUT2D eigenvalue weighted by molar-refractivity contribution is 0.0594. The molecule has 4 atom stereocenters. The Bertz CT molecular complexity index is 733. The van der Waals surface area contributed by atoms with E-state index < -0.39 is 13.7 Å². The lowest BCUT2D eigenvalue weighted by atomic mass is 9.84. The Kier molecular flexibility index (Phi) is 2.66. The fraction of sp³-hybridized carbons (Fsp3) is 0.400. The zero-order valence-electron chi connectivity index (χ0n) is 13.8. The molecule has 22 heavy (non-hydrogen) atoms. The van der Waals surface area contributed by atoms with E-state index in [1.165, 1.54) is 5.56 Å². The van der Waals surface area contributed by atoms with E-state index in [9.17, 15) is 5.11 Å². The third-order valence-corrected chi connectivity index (χ3v) is 8.83. The molecular formula is C20H24OSi. The number of fused-ring (bicyclic) bond motifs is 3. The van der Waals surface area contributed by atoms with Crippen LogP contribution in [0.15, 0.2) is 54.6 Å². The molecule has 2 heteroatoms. The van der Waals surface area contributed by atoms with Gasteiger partial charge in [0.05, 0.1) is 0 Å². The van der Waals surface area contributed by atoms with Gasteiger partial charge in [-0.15, -0.1) is 0 Å². The molecule has 114 valence electrons. The highest BCUT2D eigenvalue weighted by Gasteiger charge is 2.78. The average molecular weight is 308 g/mol. The molecule has 2 aliphatic rings. The van der Waals surface area contributed by atoms with Crippen LogP contribution in [0.5, 0.6) is 0 Å². The van der Waals surface area contributed by atoms with Gasteiger partial charge in [-0.1, -0.05) is 81.2 Å². The highest BCUT2D eigenvalue weighted by atomic mass is 28.3. The van der Waals surface area contributed by atoms with Crippen molar-refractivity contribution < 1.29 is 5.11 Å². The minimum absolute atomic E-state index is 0.145. The average Bonchev–Trinajstić information content (AvgIpc) is 3.10. The van der Waals surface area contributed by atoms with Crippen LogP contribution in [0.1, 0.15) is 23.6 Å². The Morgan fingerprint density at radius 2 is 1.41 bits per heavy atom. The van der Waals surface area contributed by atoms with Crippen LogP contribution in [-0.4, -0.2) is 13.2 Å². The van der Waals surface area contributed by atoms with Gasteiger partial charge in [-0.05, 0) is 22.2 Å². The van der Waals surface area contributed by atoms with Crippen molar-refractivity contribution in [3.05, 3.63) is 71.3 Å². The van der Waals surface area contributed by atoms with Gasteiger partial charge in [0, 0.05) is 19.4 Å². The van der Waals surface area contributed by atoms with Crippen molar-refractivity contribution in [2.75, 3.05) is 0 Å². The van der Waals surface area contributed by atoms with Crippen molar-refractivity contribution in [2.24, 2.45) is 5.92 Å². The molecule has 0 aromatic heterocycles. The zero-order valence-corrected chi connectivity index (χ0v) is 14.8. The molecule has 0 radical (unpaired) electrons.